The molecule has 0 spiro atoms. The topological polar surface area (TPSA) is 43.8 Å². The van der Waals surface area contributed by atoms with Crippen LogP contribution in [-0.2, 0) is 10.4 Å². The van der Waals surface area contributed by atoms with Crippen molar-refractivity contribution in [1.29, 1.82) is 0 Å². The number of hydrogen-bond donors (Lipinski definition) is 1. The van der Waals surface area contributed by atoms with Gasteiger partial charge in [-0.05, 0) is 50.1 Å². The standard InChI is InChI=1S/C28H34F4N2O2.ClH/c1-16-12-33(13-17(2)28(16,36)18-6-9-23(30)25(32)10-18)26(35)22-15-34(27(3,4)5)14-21(22)20-8-7-19(29)11-24(20)31;/h6-11,16-17,21-22,36H,12-15H2,1-5H3;1H. The average Bonchev–Trinajstić information content (AvgIpc) is 3.24. The summed E-state index contributed by atoms with van der Waals surface area (Å²) in [6.45, 7) is 11.0. The van der Waals surface area contributed by atoms with E-state index in [2.05, 4.69) is 4.90 Å². The Morgan fingerprint density at radius 1 is 0.892 bits per heavy atom. The van der Waals surface area contributed by atoms with Crippen molar-refractivity contribution in [2.24, 2.45) is 17.8 Å². The number of piperidine rings is 1. The number of benzene rings is 2. The van der Waals surface area contributed by atoms with Gasteiger partial charge in [-0.2, -0.15) is 0 Å². The zero-order chi connectivity index (χ0) is 26.6. The lowest BCUT2D eigenvalue weighted by atomic mass is 9.70. The summed E-state index contributed by atoms with van der Waals surface area (Å²) in [5.41, 5.74) is -1.10. The first kappa shape index (κ1) is 29.4. The highest BCUT2D eigenvalue weighted by Crippen LogP contribution is 2.44. The van der Waals surface area contributed by atoms with E-state index in [-0.39, 0.29) is 42.5 Å². The lowest BCUT2D eigenvalue weighted by molar-refractivity contribution is -0.152. The average molecular weight is 543 g/mol. The van der Waals surface area contributed by atoms with Crippen LogP contribution in [-0.4, -0.2) is 52.5 Å². The third-order valence-electron chi connectivity index (χ3n) is 8.13. The molecule has 1 amide bonds. The van der Waals surface area contributed by atoms with E-state index in [9.17, 15) is 27.5 Å². The van der Waals surface area contributed by atoms with E-state index in [0.717, 1.165) is 18.2 Å². The summed E-state index contributed by atoms with van der Waals surface area (Å²) in [5, 5.41) is 11.6. The highest BCUT2D eigenvalue weighted by molar-refractivity contribution is 5.85. The van der Waals surface area contributed by atoms with E-state index in [1.54, 1.807) is 18.7 Å². The Bertz CT molecular complexity index is 1140. The van der Waals surface area contributed by atoms with Gasteiger partial charge >= 0.3 is 0 Å². The van der Waals surface area contributed by atoms with E-state index in [1.807, 2.05) is 20.8 Å². The van der Waals surface area contributed by atoms with Crippen molar-refractivity contribution in [3.8, 4) is 0 Å². The zero-order valence-corrected chi connectivity index (χ0v) is 22.6. The van der Waals surface area contributed by atoms with Gasteiger partial charge in [0.05, 0.1) is 11.5 Å². The summed E-state index contributed by atoms with van der Waals surface area (Å²) in [6, 6.07) is 6.89. The molecule has 0 saturated carbocycles. The van der Waals surface area contributed by atoms with Gasteiger partial charge in [-0.1, -0.05) is 26.0 Å². The molecular formula is C28H35ClF4N2O2. The van der Waals surface area contributed by atoms with Crippen LogP contribution in [0, 0.1) is 41.0 Å². The second-order valence-corrected chi connectivity index (χ2v) is 11.5. The Labute approximate surface area is 222 Å². The zero-order valence-electron chi connectivity index (χ0n) is 21.8. The molecule has 0 radical (unpaired) electrons. The van der Waals surface area contributed by atoms with Gasteiger partial charge in [-0.15, -0.1) is 12.4 Å². The smallest absolute Gasteiger partial charge is 0.227 e. The van der Waals surface area contributed by atoms with Crippen LogP contribution in [0.25, 0.3) is 0 Å². The number of carbonyl (C=O) groups excluding carboxylic acids is 1. The van der Waals surface area contributed by atoms with Crippen LogP contribution >= 0.6 is 12.4 Å². The molecule has 4 atom stereocenters. The first-order valence-electron chi connectivity index (χ1n) is 12.4. The van der Waals surface area contributed by atoms with Crippen LogP contribution in [0.3, 0.4) is 0 Å². The summed E-state index contributed by atoms with van der Waals surface area (Å²) in [7, 11) is 0. The molecule has 2 aromatic rings. The van der Waals surface area contributed by atoms with Crippen LogP contribution < -0.4 is 0 Å². The van der Waals surface area contributed by atoms with Gasteiger partial charge in [0.2, 0.25) is 5.91 Å². The van der Waals surface area contributed by atoms with Crippen LogP contribution in [0.15, 0.2) is 36.4 Å². The Hall–Kier alpha value is -2.16. The second kappa shape index (κ2) is 10.5. The Morgan fingerprint density at radius 2 is 1.51 bits per heavy atom. The van der Waals surface area contributed by atoms with E-state index in [4.69, 9.17) is 0 Å². The molecule has 37 heavy (non-hydrogen) atoms. The number of hydrogen-bond acceptors (Lipinski definition) is 3. The molecule has 9 heteroatoms. The summed E-state index contributed by atoms with van der Waals surface area (Å²) < 4.78 is 55.9. The molecule has 2 saturated heterocycles. The van der Waals surface area contributed by atoms with Gasteiger partial charge in [0.15, 0.2) is 11.6 Å². The van der Waals surface area contributed by atoms with Crippen LogP contribution in [0.4, 0.5) is 17.6 Å². The Morgan fingerprint density at radius 3 is 2.05 bits per heavy atom. The van der Waals surface area contributed by atoms with Crippen LogP contribution in [0.1, 0.15) is 51.7 Å². The molecule has 2 aromatic carbocycles. The molecular weight excluding hydrogens is 508 g/mol. The third-order valence-corrected chi connectivity index (χ3v) is 8.13. The lowest BCUT2D eigenvalue weighted by Crippen LogP contribution is -2.57. The first-order chi connectivity index (χ1) is 16.7. The quantitative estimate of drug-likeness (QED) is 0.522. The summed E-state index contributed by atoms with van der Waals surface area (Å²) in [5.74, 6) is -5.42. The van der Waals surface area contributed by atoms with Crippen molar-refractivity contribution in [2.75, 3.05) is 26.2 Å². The second-order valence-electron chi connectivity index (χ2n) is 11.5. The summed E-state index contributed by atoms with van der Waals surface area (Å²) >= 11 is 0. The molecule has 1 N–H and O–H groups in total. The molecule has 4 nitrogen and oxygen atoms in total. The Balaban J connectivity index is 0.00000380. The van der Waals surface area contributed by atoms with E-state index < -0.39 is 52.5 Å². The minimum atomic E-state index is -1.44. The predicted octanol–water partition coefficient (Wildman–Crippen LogP) is 5.48. The van der Waals surface area contributed by atoms with E-state index in [1.165, 1.54) is 18.2 Å². The predicted molar refractivity (Wildman–Crippen MR) is 136 cm³/mol. The third kappa shape index (κ3) is 5.38. The monoisotopic (exact) mass is 542 g/mol. The maximum Gasteiger partial charge on any atom is 0.227 e. The summed E-state index contributed by atoms with van der Waals surface area (Å²) in [4.78, 5) is 17.7. The molecule has 4 unspecified atom stereocenters. The molecule has 0 bridgehead atoms. The normalized spacial score (nSPS) is 28.8. The fraction of sp³-hybridized carbons (Fsp3) is 0.536. The molecule has 2 aliphatic heterocycles. The molecule has 2 heterocycles. The fourth-order valence-corrected chi connectivity index (χ4v) is 5.95. The van der Waals surface area contributed by atoms with Crippen molar-refractivity contribution in [2.45, 2.75) is 51.7 Å². The van der Waals surface area contributed by atoms with E-state index in [0.29, 0.717) is 18.7 Å². The molecule has 0 aliphatic carbocycles. The van der Waals surface area contributed by atoms with Gasteiger partial charge in [-0.25, -0.2) is 17.6 Å². The number of rotatable bonds is 3. The minimum Gasteiger partial charge on any atom is -0.384 e. The summed E-state index contributed by atoms with van der Waals surface area (Å²) in [6.07, 6.45) is 0. The molecule has 0 aromatic heterocycles. The molecule has 2 fully saturated rings. The highest BCUT2D eigenvalue weighted by atomic mass is 35.5. The maximum atomic E-state index is 14.8. The number of amides is 1. The number of halogens is 5. The van der Waals surface area contributed by atoms with E-state index >= 15 is 0 Å². The number of aliphatic hydroxyl groups is 1. The van der Waals surface area contributed by atoms with Crippen molar-refractivity contribution in [1.82, 2.24) is 9.80 Å². The fourth-order valence-electron chi connectivity index (χ4n) is 5.95. The van der Waals surface area contributed by atoms with Crippen molar-refractivity contribution in [3.05, 3.63) is 70.8 Å². The van der Waals surface area contributed by atoms with Gasteiger partial charge in [-0.3, -0.25) is 9.69 Å². The Kier molecular flexibility index (Phi) is 8.38. The van der Waals surface area contributed by atoms with Gasteiger partial charge in [0, 0.05) is 55.5 Å². The maximum absolute atomic E-state index is 14.8. The number of likely N-dealkylation sites (tertiary alicyclic amines) is 2. The van der Waals surface area contributed by atoms with Gasteiger partial charge < -0.3 is 10.0 Å². The van der Waals surface area contributed by atoms with Crippen molar-refractivity contribution >= 4 is 18.3 Å². The lowest BCUT2D eigenvalue weighted by Gasteiger charge is -2.48. The van der Waals surface area contributed by atoms with Crippen molar-refractivity contribution < 1.29 is 27.5 Å². The van der Waals surface area contributed by atoms with Gasteiger partial charge in [0.1, 0.15) is 11.6 Å². The van der Waals surface area contributed by atoms with Gasteiger partial charge in [0.25, 0.3) is 0 Å². The molecule has 4 rings (SSSR count). The number of nitrogens with zero attached hydrogens (tertiary/aromatic N) is 2. The van der Waals surface area contributed by atoms with Crippen LogP contribution in [0.2, 0.25) is 0 Å². The highest BCUT2D eigenvalue weighted by Gasteiger charge is 2.50. The van der Waals surface area contributed by atoms with Crippen LogP contribution in [0.5, 0.6) is 0 Å². The molecule has 204 valence electrons. The van der Waals surface area contributed by atoms with Crippen molar-refractivity contribution in [3.63, 3.8) is 0 Å². The first-order valence-corrected chi connectivity index (χ1v) is 12.4. The largest absolute Gasteiger partial charge is 0.384 e. The molecule has 2 aliphatic rings. The SMILES string of the molecule is CC1CN(C(=O)C2CN(C(C)(C)C)CC2c2ccc(F)cc2F)CC(C)C1(O)c1ccc(F)c(F)c1.Cl. The number of carbonyl (C=O) groups is 1. The minimum absolute atomic E-state index is 0.